The zero-order valence-electron chi connectivity index (χ0n) is 16.6. The van der Waals surface area contributed by atoms with Gasteiger partial charge in [0.1, 0.15) is 5.82 Å². The van der Waals surface area contributed by atoms with Crippen molar-refractivity contribution in [3.63, 3.8) is 0 Å². The molecule has 1 aromatic carbocycles. The maximum absolute atomic E-state index is 12.9. The summed E-state index contributed by atoms with van der Waals surface area (Å²) in [4.78, 5) is 32.7. The number of nitrogens with one attached hydrogen (secondary N) is 1. The van der Waals surface area contributed by atoms with Crippen molar-refractivity contribution in [1.29, 1.82) is 0 Å². The van der Waals surface area contributed by atoms with Crippen LogP contribution >= 0.6 is 0 Å². The Morgan fingerprint density at radius 1 is 1.14 bits per heavy atom. The summed E-state index contributed by atoms with van der Waals surface area (Å²) >= 11 is 0. The molecule has 152 valence electrons. The van der Waals surface area contributed by atoms with E-state index in [1.54, 1.807) is 6.20 Å². The molecule has 0 unspecified atom stereocenters. The van der Waals surface area contributed by atoms with Crippen LogP contribution in [0.2, 0.25) is 0 Å². The molecule has 3 heterocycles. The number of pyridine rings is 1. The van der Waals surface area contributed by atoms with E-state index in [2.05, 4.69) is 27.3 Å². The summed E-state index contributed by atoms with van der Waals surface area (Å²) in [6.45, 7) is 4.79. The third-order valence-corrected chi connectivity index (χ3v) is 6.01. The van der Waals surface area contributed by atoms with Gasteiger partial charge < -0.3 is 16.0 Å². The maximum Gasteiger partial charge on any atom is 0.242 e. The van der Waals surface area contributed by atoms with E-state index in [0.717, 1.165) is 30.8 Å². The van der Waals surface area contributed by atoms with Gasteiger partial charge in [0.15, 0.2) is 0 Å². The standard InChI is InChI=1S/C22H27N5O2/c1-15(28)25-10-20(29)27-13-18-12-26(11-17-8-5-9-24-22(17)23)14-19(18)21(27)16-6-3-2-4-7-16/h2-9,18-19,21H,10-14H2,1H3,(H2,23,24)(H,25,28)/t18-,19-,21+/m0/s1. The first-order valence-corrected chi connectivity index (χ1v) is 10.0. The normalized spacial score (nSPS) is 23.8. The van der Waals surface area contributed by atoms with Gasteiger partial charge in [-0.3, -0.25) is 14.5 Å². The number of carbonyl (C=O) groups excluding carboxylic acids is 2. The van der Waals surface area contributed by atoms with Gasteiger partial charge in [-0.15, -0.1) is 0 Å². The fraction of sp³-hybridized carbons (Fsp3) is 0.409. The molecule has 2 aliphatic heterocycles. The quantitative estimate of drug-likeness (QED) is 0.802. The second-order valence-corrected chi connectivity index (χ2v) is 7.98. The van der Waals surface area contributed by atoms with Gasteiger partial charge >= 0.3 is 0 Å². The van der Waals surface area contributed by atoms with E-state index in [0.29, 0.717) is 24.2 Å². The van der Waals surface area contributed by atoms with Crippen LogP contribution in [0.1, 0.15) is 24.1 Å². The summed E-state index contributed by atoms with van der Waals surface area (Å²) in [5.41, 5.74) is 8.22. The number of hydrogen-bond donors (Lipinski definition) is 2. The molecule has 2 aliphatic rings. The SMILES string of the molecule is CC(=O)NCC(=O)N1C[C@@H]2CN(Cc3cccnc3N)C[C@@H]2[C@H]1c1ccccc1. The Morgan fingerprint density at radius 2 is 1.93 bits per heavy atom. The topological polar surface area (TPSA) is 91.6 Å². The van der Waals surface area contributed by atoms with E-state index < -0.39 is 0 Å². The number of nitrogens with zero attached hydrogens (tertiary/aromatic N) is 3. The van der Waals surface area contributed by atoms with Crippen molar-refractivity contribution in [1.82, 2.24) is 20.1 Å². The molecule has 7 heteroatoms. The molecule has 4 rings (SSSR count). The molecule has 0 spiro atoms. The predicted molar refractivity (Wildman–Crippen MR) is 110 cm³/mol. The molecule has 3 N–H and O–H groups in total. The van der Waals surface area contributed by atoms with Crippen molar-refractivity contribution in [3.05, 3.63) is 59.8 Å². The molecule has 2 amide bonds. The van der Waals surface area contributed by atoms with E-state index in [1.165, 1.54) is 6.92 Å². The van der Waals surface area contributed by atoms with E-state index in [9.17, 15) is 9.59 Å². The lowest BCUT2D eigenvalue weighted by Gasteiger charge is -2.30. The molecular formula is C22H27N5O2. The lowest BCUT2D eigenvalue weighted by atomic mass is 9.89. The summed E-state index contributed by atoms with van der Waals surface area (Å²) in [5.74, 6) is 1.13. The molecule has 2 saturated heterocycles. The number of anilines is 1. The Hall–Kier alpha value is -2.93. The number of likely N-dealkylation sites (tertiary alicyclic amines) is 2. The zero-order valence-corrected chi connectivity index (χ0v) is 16.6. The van der Waals surface area contributed by atoms with E-state index in [1.807, 2.05) is 35.2 Å². The minimum absolute atomic E-state index is 0.0218. The van der Waals surface area contributed by atoms with Crippen LogP contribution in [0.25, 0.3) is 0 Å². The van der Waals surface area contributed by atoms with Crippen LogP contribution in [0.4, 0.5) is 5.82 Å². The van der Waals surface area contributed by atoms with Gasteiger partial charge in [-0.1, -0.05) is 36.4 Å². The summed E-state index contributed by atoms with van der Waals surface area (Å²) < 4.78 is 0. The van der Waals surface area contributed by atoms with Gasteiger partial charge in [-0.05, 0) is 17.5 Å². The second kappa shape index (κ2) is 8.21. The van der Waals surface area contributed by atoms with Crippen LogP contribution in [0, 0.1) is 11.8 Å². The highest BCUT2D eigenvalue weighted by molar-refractivity contribution is 5.84. The maximum atomic E-state index is 12.9. The fourth-order valence-corrected chi connectivity index (χ4v) is 4.73. The summed E-state index contributed by atoms with van der Waals surface area (Å²) in [6, 6.07) is 14.2. The fourth-order valence-electron chi connectivity index (χ4n) is 4.73. The Balaban J connectivity index is 1.52. The van der Waals surface area contributed by atoms with Crippen molar-refractivity contribution in [2.75, 3.05) is 31.9 Å². The largest absolute Gasteiger partial charge is 0.383 e. The van der Waals surface area contributed by atoms with E-state index in [-0.39, 0.29) is 24.4 Å². The van der Waals surface area contributed by atoms with Gasteiger partial charge in [-0.25, -0.2) is 4.98 Å². The molecule has 0 radical (unpaired) electrons. The number of rotatable bonds is 5. The van der Waals surface area contributed by atoms with Crippen LogP contribution < -0.4 is 11.1 Å². The average molecular weight is 393 g/mol. The number of carbonyl (C=O) groups is 2. The highest BCUT2D eigenvalue weighted by atomic mass is 16.2. The van der Waals surface area contributed by atoms with Crippen LogP contribution in [0.15, 0.2) is 48.7 Å². The highest BCUT2D eigenvalue weighted by Gasteiger charge is 2.48. The van der Waals surface area contributed by atoms with E-state index >= 15 is 0 Å². The van der Waals surface area contributed by atoms with Gasteiger partial charge in [0.25, 0.3) is 0 Å². The van der Waals surface area contributed by atoms with Crippen molar-refractivity contribution in [3.8, 4) is 0 Å². The Morgan fingerprint density at radius 3 is 2.66 bits per heavy atom. The van der Waals surface area contributed by atoms with Gasteiger partial charge in [0.2, 0.25) is 11.8 Å². The second-order valence-electron chi connectivity index (χ2n) is 7.98. The van der Waals surface area contributed by atoms with Crippen LogP contribution in [0.3, 0.4) is 0 Å². The molecule has 0 bridgehead atoms. The minimum atomic E-state index is -0.186. The van der Waals surface area contributed by atoms with Crippen molar-refractivity contribution < 1.29 is 9.59 Å². The molecular weight excluding hydrogens is 366 g/mol. The zero-order chi connectivity index (χ0) is 20.4. The van der Waals surface area contributed by atoms with Gasteiger partial charge in [0.05, 0.1) is 12.6 Å². The van der Waals surface area contributed by atoms with Crippen LogP contribution in [-0.2, 0) is 16.1 Å². The molecule has 2 aromatic rings. The highest BCUT2D eigenvalue weighted by Crippen LogP contribution is 2.45. The van der Waals surface area contributed by atoms with Crippen LogP contribution in [-0.4, -0.2) is 52.8 Å². The van der Waals surface area contributed by atoms with Crippen molar-refractivity contribution in [2.24, 2.45) is 11.8 Å². The van der Waals surface area contributed by atoms with Crippen LogP contribution in [0.5, 0.6) is 0 Å². The first-order chi connectivity index (χ1) is 14.0. The monoisotopic (exact) mass is 393 g/mol. The molecule has 2 fully saturated rings. The molecule has 1 aromatic heterocycles. The van der Waals surface area contributed by atoms with Gasteiger partial charge in [-0.2, -0.15) is 0 Å². The lowest BCUT2D eigenvalue weighted by molar-refractivity contribution is -0.133. The number of nitrogens with two attached hydrogens (primary N) is 1. The molecule has 29 heavy (non-hydrogen) atoms. The van der Waals surface area contributed by atoms with Gasteiger partial charge in [0, 0.05) is 50.8 Å². The predicted octanol–water partition coefficient (Wildman–Crippen LogP) is 1.43. The summed E-state index contributed by atoms with van der Waals surface area (Å²) in [6.07, 6.45) is 1.71. The Kier molecular flexibility index (Phi) is 5.49. The van der Waals surface area contributed by atoms with Crippen molar-refractivity contribution in [2.45, 2.75) is 19.5 Å². The molecule has 0 saturated carbocycles. The number of fused-ring (bicyclic) bond motifs is 1. The molecule has 3 atom stereocenters. The summed E-state index contributed by atoms with van der Waals surface area (Å²) in [7, 11) is 0. The Labute approximate surface area is 170 Å². The molecule has 0 aliphatic carbocycles. The number of aromatic nitrogens is 1. The number of hydrogen-bond acceptors (Lipinski definition) is 5. The first-order valence-electron chi connectivity index (χ1n) is 10.0. The third-order valence-electron chi connectivity index (χ3n) is 6.01. The lowest BCUT2D eigenvalue weighted by Crippen LogP contribution is -2.41. The molecule has 7 nitrogen and oxygen atoms in total. The third kappa shape index (κ3) is 4.10. The Bertz CT molecular complexity index is 888. The number of amides is 2. The van der Waals surface area contributed by atoms with Crippen molar-refractivity contribution >= 4 is 17.6 Å². The smallest absolute Gasteiger partial charge is 0.242 e. The first kappa shape index (κ1) is 19.4. The average Bonchev–Trinajstić information content (AvgIpc) is 3.25. The summed E-state index contributed by atoms with van der Waals surface area (Å²) in [5, 5.41) is 2.65. The minimum Gasteiger partial charge on any atom is -0.383 e. The number of benzene rings is 1. The van der Waals surface area contributed by atoms with E-state index in [4.69, 9.17) is 5.73 Å². The number of nitrogen functional groups attached to an aromatic ring is 1.